The first-order valence-electron chi connectivity index (χ1n) is 7.55. The smallest absolute Gasteiger partial charge is 0.261 e. The predicted octanol–water partition coefficient (Wildman–Crippen LogP) is 0.152. The van der Waals surface area contributed by atoms with Crippen molar-refractivity contribution in [3.8, 4) is 5.75 Å². The topological polar surface area (TPSA) is 102 Å². The maximum Gasteiger partial charge on any atom is 0.261 e. The van der Waals surface area contributed by atoms with Gasteiger partial charge in [0.2, 0.25) is 5.91 Å². The first-order valence-corrected chi connectivity index (χ1v) is 9.37. The molecule has 1 saturated heterocycles. The molecule has 0 bridgehead atoms. The Bertz CT molecular complexity index is 769. The van der Waals surface area contributed by atoms with Crippen LogP contribution in [0.15, 0.2) is 18.2 Å². The quantitative estimate of drug-likeness (QED) is 0.736. The monoisotopic (exact) mass is 376 g/mol. The van der Waals surface area contributed by atoms with Crippen molar-refractivity contribution in [1.82, 2.24) is 10.6 Å². The van der Waals surface area contributed by atoms with Crippen molar-refractivity contribution >= 4 is 21.7 Å². The molecule has 1 aliphatic heterocycles. The summed E-state index contributed by atoms with van der Waals surface area (Å²) < 4.78 is 53.7. The van der Waals surface area contributed by atoms with Crippen LogP contribution in [-0.2, 0) is 19.4 Å². The third kappa shape index (κ3) is 5.66. The van der Waals surface area contributed by atoms with Crippen LogP contribution in [0.5, 0.6) is 5.75 Å². The molecule has 0 aliphatic carbocycles. The van der Waals surface area contributed by atoms with Crippen molar-refractivity contribution in [2.75, 3.05) is 18.1 Å². The summed E-state index contributed by atoms with van der Waals surface area (Å²) in [6.45, 7) is 1.04. The molecule has 0 spiro atoms. The van der Waals surface area contributed by atoms with E-state index in [9.17, 15) is 26.8 Å². The number of nitrogens with one attached hydrogen (secondary N) is 2. The molecule has 0 saturated carbocycles. The molecule has 138 valence electrons. The molecule has 2 rings (SSSR count). The van der Waals surface area contributed by atoms with E-state index in [0.29, 0.717) is 6.42 Å². The van der Waals surface area contributed by atoms with Crippen molar-refractivity contribution in [2.45, 2.75) is 25.5 Å². The average Bonchev–Trinajstić information content (AvgIpc) is 2.87. The lowest BCUT2D eigenvalue weighted by atomic mass is 10.2. The fourth-order valence-corrected chi connectivity index (χ4v) is 3.98. The van der Waals surface area contributed by atoms with Gasteiger partial charge in [0.1, 0.15) is 5.75 Å². The van der Waals surface area contributed by atoms with Gasteiger partial charge in [-0.05, 0) is 25.5 Å². The fraction of sp³-hybridized carbons (Fsp3) is 0.467. The third-order valence-electron chi connectivity index (χ3n) is 3.59. The van der Waals surface area contributed by atoms with Crippen molar-refractivity contribution in [2.24, 2.45) is 0 Å². The Labute approximate surface area is 143 Å². The van der Waals surface area contributed by atoms with Crippen LogP contribution >= 0.6 is 0 Å². The molecule has 1 fully saturated rings. The highest BCUT2D eigenvalue weighted by Crippen LogP contribution is 2.16. The first kappa shape index (κ1) is 19.1. The largest absolute Gasteiger partial charge is 0.481 e. The second-order valence-electron chi connectivity index (χ2n) is 5.72. The number of rotatable bonds is 6. The van der Waals surface area contributed by atoms with Crippen LogP contribution in [0.1, 0.15) is 13.3 Å². The standard InChI is InChI=1S/C15H18F2N2O5S/c1-9(24-11-2-3-12(16)13(17)6-11)15(21)18-7-14(20)19-10-4-5-25(22,23)8-10/h2-3,6,9-10H,4-5,7-8H2,1H3,(H,18,21)(H,19,20)/t9-,10-/m1/s1. The summed E-state index contributed by atoms with van der Waals surface area (Å²) in [5.41, 5.74) is 0. The van der Waals surface area contributed by atoms with E-state index in [-0.39, 0.29) is 23.8 Å². The second kappa shape index (κ2) is 7.77. The lowest BCUT2D eigenvalue weighted by Gasteiger charge is -2.15. The SMILES string of the molecule is C[C@@H](Oc1ccc(F)c(F)c1)C(=O)NCC(=O)N[C@@H]1CCS(=O)(=O)C1. The maximum absolute atomic E-state index is 13.1. The molecular weight excluding hydrogens is 358 g/mol. The minimum atomic E-state index is -3.11. The molecule has 7 nitrogen and oxygen atoms in total. The summed E-state index contributed by atoms with van der Waals surface area (Å²) in [5, 5.41) is 4.86. The van der Waals surface area contributed by atoms with Gasteiger partial charge in [-0.15, -0.1) is 0 Å². The summed E-state index contributed by atoms with van der Waals surface area (Å²) in [7, 11) is -3.11. The Morgan fingerprint density at radius 3 is 2.64 bits per heavy atom. The van der Waals surface area contributed by atoms with Crippen molar-refractivity contribution in [3.05, 3.63) is 29.8 Å². The van der Waals surface area contributed by atoms with E-state index in [1.165, 1.54) is 13.0 Å². The van der Waals surface area contributed by atoms with Gasteiger partial charge < -0.3 is 15.4 Å². The number of halogens is 2. The van der Waals surface area contributed by atoms with E-state index in [2.05, 4.69) is 10.6 Å². The summed E-state index contributed by atoms with van der Waals surface area (Å²) in [5.74, 6) is -3.38. The first-order chi connectivity index (χ1) is 11.7. The molecule has 2 N–H and O–H groups in total. The van der Waals surface area contributed by atoms with E-state index >= 15 is 0 Å². The van der Waals surface area contributed by atoms with E-state index in [4.69, 9.17) is 4.74 Å². The van der Waals surface area contributed by atoms with Crippen LogP contribution in [0.2, 0.25) is 0 Å². The van der Waals surface area contributed by atoms with E-state index < -0.39 is 45.4 Å². The van der Waals surface area contributed by atoms with Gasteiger partial charge in [0.25, 0.3) is 5.91 Å². The lowest BCUT2D eigenvalue weighted by Crippen LogP contribution is -2.45. The average molecular weight is 376 g/mol. The molecule has 0 unspecified atom stereocenters. The van der Waals surface area contributed by atoms with Gasteiger partial charge >= 0.3 is 0 Å². The number of benzene rings is 1. The summed E-state index contributed by atoms with van der Waals surface area (Å²) >= 11 is 0. The van der Waals surface area contributed by atoms with Gasteiger partial charge in [0, 0.05) is 12.1 Å². The van der Waals surface area contributed by atoms with E-state index in [0.717, 1.165) is 12.1 Å². The molecule has 2 amide bonds. The minimum Gasteiger partial charge on any atom is -0.481 e. The molecule has 1 aromatic carbocycles. The van der Waals surface area contributed by atoms with E-state index in [1.807, 2.05) is 0 Å². The van der Waals surface area contributed by atoms with E-state index in [1.54, 1.807) is 0 Å². The van der Waals surface area contributed by atoms with Crippen molar-refractivity contribution in [1.29, 1.82) is 0 Å². The molecule has 0 aromatic heterocycles. The van der Waals surface area contributed by atoms with Crippen molar-refractivity contribution in [3.63, 3.8) is 0 Å². The van der Waals surface area contributed by atoms with Gasteiger partial charge in [0.15, 0.2) is 27.6 Å². The fourth-order valence-electron chi connectivity index (χ4n) is 2.31. The molecule has 10 heteroatoms. The number of sulfone groups is 1. The zero-order valence-electron chi connectivity index (χ0n) is 13.4. The second-order valence-corrected chi connectivity index (χ2v) is 7.95. The number of hydrogen-bond donors (Lipinski definition) is 2. The summed E-state index contributed by atoms with van der Waals surface area (Å²) in [4.78, 5) is 23.6. The number of ether oxygens (including phenoxy) is 1. The third-order valence-corrected chi connectivity index (χ3v) is 5.36. The van der Waals surface area contributed by atoms with Crippen molar-refractivity contribution < 1.29 is 31.5 Å². The molecule has 25 heavy (non-hydrogen) atoms. The number of amides is 2. The number of carbonyl (C=O) groups excluding carboxylic acids is 2. The molecule has 0 radical (unpaired) electrons. The predicted molar refractivity (Wildman–Crippen MR) is 84.7 cm³/mol. The highest BCUT2D eigenvalue weighted by Gasteiger charge is 2.29. The van der Waals surface area contributed by atoms with Gasteiger partial charge in [-0.2, -0.15) is 0 Å². The van der Waals surface area contributed by atoms with Crippen LogP contribution in [0.4, 0.5) is 8.78 Å². The highest BCUT2D eigenvalue weighted by molar-refractivity contribution is 7.91. The Hall–Kier alpha value is -2.23. The van der Waals surface area contributed by atoms with Crippen LogP contribution in [0.25, 0.3) is 0 Å². The molecular formula is C15H18F2N2O5S. The Kier molecular flexibility index (Phi) is 5.93. The zero-order valence-corrected chi connectivity index (χ0v) is 14.2. The summed E-state index contributed by atoms with van der Waals surface area (Å²) in [6.07, 6.45) is -0.693. The minimum absolute atomic E-state index is 0.0258. The Morgan fingerprint density at radius 1 is 1.32 bits per heavy atom. The molecule has 1 aromatic rings. The Balaban J connectivity index is 1.77. The molecule has 1 aliphatic rings. The summed E-state index contributed by atoms with van der Waals surface area (Å²) in [6, 6.07) is 2.41. The number of hydrogen-bond acceptors (Lipinski definition) is 5. The normalized spacial score (nSPS) is 19.9. The van der Waals surface area contributed by atoms with Crippen LogP contribution < -0.4 is 15.4 Å². The lowest BCUT2D eigenvalue weighted by molar-refractivity contribution is -0.130. The number of carbonyl (C=O) groups is 2. The van der Waals surface area contributed by atoms with Gasteiger partial charge in [-0.3, -0.25) is 9.59 Å². The Morgan fingerprint density at radius 2 is 2.04 bits per heavy atom. The van der Waals surface area contributed by atoms with Crippen LogP contribution in [-0.4, -0.2) is 50.4 Å². The van der Waals surface area contributed by atoms with Crippen LogP contribution in [0, 0.1) is 11.6 Å². The van der Waals surface area contributed by atoms with Gasteiger partial charge in [0.05, 0.1) is 18.1 Å². The maximum atomic E-state index is 13.1. The highest BCUT2D eigenvalue weighted by atomic mass is 32.2. The molecule has 2 atom stereocenters. The van der Waals surface area contributed by atoms with Gasteiger partial charge in [-0.1, -0.05) is 0 Å². The van der Waals surface area contributed by atoms with Crippen LogP contribution in [0.3, 0.4) is 0 Å². The zero-order chi connectivity index (χ0) is 18.6. The van der Waals surface area contributed by atoms with Gasteiger partial charge in [-0.25, -0.2) is 17.2 Å². The molecule has 1 heterocycles.